The number of hydrogen-bond donors (Lipinski definition) is 1. The summed E-state index contributed by atoms with van der Waals surface area (Å²) >= 11 is 0.844. The highest BCUT2D eigenvalue weighted by molar-refractivity contribution is 8.18. The van der Waals surface area contributed by atoms with Gasteiger partial charge in [0.25, 0.3) is 11.1 Å². The number of amides is 2. The monoisotopic (exact) mass is 440 g/mol. The number of esters is 2. The Morgan fingerprint density at radius 3 is 2.23 bits per heavy atom. The van der Waals surface area contributed by atoms with E-state index in [4.69, 9.17) is 4.74 Å². The molecule has 1 heterocycles. The van der Waals surface area contributed by atoms with Crippen molar-refractivity contribution in [2.45, 2.75) is 6.92 Å². The van der Waals surface area contributed by atoms with Crippen LogP contribution in [0.1, 0.15) is 33.2 Å². The molecule has 0 spiro atoms. The SMILES string of the molecule is CCOC(=O)c1ccc(NCN2C(=O)S/C(=C\c3ccc(C(=O)OC)cc3)C2=O)cc1. The minimum Gasteiger partial charge on any atom is -0.465 e. The second kappa shape index (κ2) is 9.94. The van der Waals surface area contributed by atoms with Gasteiger partial charge in [0.2, 0.25) is 0 Å². The molecule has 1 aliphatic rings. The molecule has 1 N–H and O–H groups in total. The standard InChI is InChI=1S/C22H20N2O6S/c1-3-30-21(27)16-8-10-17(11-9-16)23-13-24-19(25)18(31-22(24)28)12-14-4-6-15(7-5-14)20(26)29-2/h4-12,23H,3,13H2,1-2H3/b18-12-. The smallest absolute Gasteiger partial charge is 0.338 e. The molecule has 160 valence electrons. The van der Waals surface area contributed by atoms with Gasteiger partial charge in [-0.3, -0.25) is 14.5 Å². The summed E-state index contributed by atoms with van der Waals surface area (Å²) in [6.45, 7) is 2.01. The largest absolute Gasteiger partial charge is 0.465 e. The maximum Gasteiger partial charge on any atom is 0.338 e. The number of benzene rings is 2. The van der Waals surface area contributed by atoms with Crippen molar-refractivity contribution in [3.8, 4) is 0 Å². The summed E-state index contributed by atoms with van der Waals surface area (Å²) < 4.78 is 9.59. The Hall–Kier alpha value is -3.59. The number of thioether (sulfide) groups is 1. The number of hydrogen-bond acceptors (Lipinski definition) is 8. The Labute approximate surface area is 183 Å². The van der Waals surface area contributed by atoms with Crippen LogP contribution in [-0.4, -0.2) is 48.4 Å². The van der Waals surface area contributed by atoms with Crippen LogP contribution in [-0.2, 0) is 14.3 Å². The minimum atomic E-state index is -0.451. The van der Waals surface area contributed by atoms with Crippen molar-refractivity contribution in [3.05, 3.63) is 70.1 Å². The van der Waals surface area contributed by atoms with E-state index in [0.717, 1.165) is 16.7 Å². The third-order valence-electron chi connectivity index (χ3n) is 4.34. The molecule has 0 atom stereocenters. The van der Waals surface area contributed by atoms with Crippen LogP contribution in [0.2, 0.25) is 0 Å². The number of nitrogens with zero attached hydrogens (tertiary/aromatic N) is 1. The average molecular weight is 440 g/mol. The van der Waals surface area contributed by atoms with Gasteiger partial charge in [-0.15, -0.1) is 0 Å². The summed E-state index contributed by atoms with van der Waals surface area (Å²) in [5, 5.41) is 2.61. The molecule has 0 aromatic heterocycles. The van der Waals surface area contributed by atoms with Gasteiger partial charge in [0, 0.05) is 5.69 Å². The summed E-state index contributed by atoms with van der Waals surface area (Å²) in [5.41, 5.74) is 2.14. The van der Waals surface area contributed by atoms with Gasteiger partial charge in [0.05, 0.1) is 36.4 Å². The number of nitrogens with one attached hydrogen (secondary N) is 1. The minimum absolute atomic E-state index is 0.0119. The number of anilines is 1. The van der Waals surface area contributed by atoms with Crippen LogP contribution in [0, 0.1) is 0 Å². The van der Waals surface area contributed by atoms with Crippen molar-refractivity contribution in [3.63, 3.8) is 0 Å². The predicted molar refractivity (Wildman–Crippen MR) is 116 cm³/mol. The molecule has 1 fully saturated rings. The van der Waals surface area contributed by atoms with Gasteiger partial charge in [0.1, 0.15) is 0 Å². The number of carbonyl (C=O) groups excluding carboxylic acids is 4. The summed E-state index contributed by atoms with van der Waals surface area (Å²) in [5.74, 6) is -1.28. The Balaban J connectivity index is 1.63. The molecule has 31 heavy (non-hydrogen) atoms. The molecular weight excluding hydrogens is 420 g/mol. The van der Waals surface area contributed by atoms with Crippen LogP contribution in [0.15, 0.2) is 53.4 Å². The number of methoxy groups -OCH3 is 1. The normalized spacial score (nSPS) is 14.6. The Kier molecular flexibility index (Phi) is 7.09. The number of rotatable bonds is 7. The third kappa shape index (κ3) is 5.32. The topological polar surface area (TPSA) is 102 Å². The zero-order chi connectivity index (χ0) is 22.4. The molecule has 0 bridgehead atoms. The molecule has 8 nitrogen and oxygen atoms in total. The van der Waals surface area contributed by atoms with Gasteiger partial charge >= 0.3 is 11.9 Å². The highest BCUT2D eigenvalue weighted by Crippen LogP contribution is 2.32. The Bertz CT molecular complexity index is 1030. The first kappa shape index (κ1) is 22.1. The number of carbonyl (C=O) groups is 4. The second-order valence-electron chi connectivity index (χ2n) is 6.36. The van der Waals surface area contributed by atoms with E-state index in [2.05, 4.69) is 10.1 Å². The van der Waals surface area contributed by atoms with E-state index in [1.165, 1.54) is 7.11 Å². The quantitative estimate of drug-likeness (QED) is 0.513. The Morgan fingerprint density at radius 1 is 1.00 bits per heavy atom. The van der Waals surface area contributed by atoms with Crippen molar-refractivity contribution in [1.82, 2.24) is 4.90 Å². The summed E-state index contributed by atoms with van der Waals surface area (Å²) in [7, 11) is 1.30. The third-order valence-corrected chi connectivity index (χ3v) is 5.25. The van der Waals surface area contributed by atoms with Crippen LogP contribution in [0.3, 0.4) is 0 Å². The molecule has 2 aromatic rings. The lowest BCUT2D eigenvalue weighted by Crippen LogP contribution is -2.33. The van der Waals surface area contributed by atoms with E-state index in [9.17, 15) is 19.2 Å². The molecule has 0 radical (unpaired) electrons. The van der Waals surface area contributed by atoms with E-state index < -0.39 is 23.1 Å². The molecule has 1 aliphatic heterocycles. The molecule has 0 saturated carbocycles. The first-order valence-corrected chi connectivity index (χ1v) is 10.2. The van der Waals surface area contributed by atoms with Crippen LogP contribution in [0.5, 0.6) is 0 Å². The van der Waals surface area contributed by atoms with Crippen molar-refractivity contribution in [2.75, 3.05) is 25.7 Å². The maximum absolute atomic E-state index is 12.6. The van der Waals surface area contributed by atoms with Gasteiger partial charge in [-0.05, 0) is 66.7 Å². The van der Waals surface area contributed by atoms with Crippen LogP contribution in [0.25, 0.3) is 6.08 Å². The molecular formula is C22H20N2O6S. The van der Waals surface area contributed by atoms with Gasteiger partial charge in [-0.1, -0.05) is 12.1 Å². The zero-order valence-corrected chi connectivity index (χ0v) is 17.7. The van der Waals surface area contributed by atoms with E-state index in [1.807, 2.05) is 0 Å². The fourth-order valence-electron chi connectivity index (χ4n) is 2.73. The first-order valence-electron chi connectivity index (χ1n) is 9.37. The van der Waals surface area contributed by atoms with Gasteiger partial charge in [-0.2, -0.15) is 0 Å². The fraction of sp³-hybridized carbons (Fsp3) is 0.182. The van der Waals surface area contributed by atoms with E-state index in [1.54, 1.807) is 61.5 Å². The highest BCUT2D eigenvalue weighted by atomic mass is 32.2. The lowest BCUT2D eigenvalue weighted by Gasteiger charge is -2.14. The molecule has 2 amide bonds. The average Bonchev–Trinajstić information content (AvgIpc) is 3.05. The van der Waals surface area contributed by atoms with E-state index in [-0.39, 0.29) is 11.6 Å². The van der Waals surface area contributed by atoms with Crippen molar-refractivity contribution >= 4 is 46.6 Å². The van der Waals surface area contributed by atoms with E-state index >= 15 is 0 Å². The van der Waals surface area contributed by atoms with Crippen LogP contribution < -0.4 is 5.32 Å². The highest BCUT2D eigenvalue weighted by Gasteiger charge is 2.34. The summed E-state index contributed by atoms with van der Waals surface area (Å²) in [6.07, 6.45) is 1.60. The second-order valence-corrected chi connectivity index (χ2v) is 7.35. The fourth-order valence-corrected chi connectivity index (χ4v) is 3.57. The molecule has 3 rings (SSSR count). The van der Waals surface area contributed by atoms with Crippen LogP contribution in [0.4, 0.5) is 10.5 Å². The van der Waals surface area contributed by atoms with Crippen molar-refractivity contribution in [2.24, 2.45) is 0 Å². The lowest BCUT2D eigenvalue weighted by molar-refractivity contribution is -0.122. The first-order chi connectivity index (χ1) is 14.9. The van der Waals surface area contributed by atoms with Gasteiger partial charge in [0.15, 0.2) is 0 Å². The number of imide groups is 1. The van der Waals surface area contributed by atoms with Crippen LogP contribution >= 0.6 is 11.8 Å². The molecule has 0 unspecified atom stereocenters. The lowest BCUT2D eigenvalue weighted by atomic mass is 10.1. The Morgan fingerprint density at radius 2 is 1.61 bits per heavy atom. The molecule has 1 saturated heterocycles. The molecule has 9 heteroatoms. The van der Waals surface area contributed by atoms with Crippen molar-refractivity contribution < 1.29 is 28.7 Å². The van der Waals surface area contributed by atoms with Gasteiger partial charge in [-0.25, -0.2) is 9.59 Å². The predicted octanol–water partition coefficient (Wildman–Crippen LogP) is 3.76. The summed E-state index contributed by atoms with van der Waals surface area (Å²) in [4.78, 5) is 49.5. The van der Waals surface area contributed by atoms with Crippen molar-refractivity contribution in [1.29, 1.82) is 0 Å². The van der Waals surface area contributed by atoms with E-state index in [0.29, 0.717) is 29.0 Å². The molecule has 0 aliphatic carbocycles. The van der Waals surface area contributed by atoms with Gasteiger partial charge < -0.3 is 14.8 Å². The summed E-state index contributed by atoms with van der Waals surface area (Å²) in [6, 6.07) is 13.1. The molecule has 2 aromatic carbocycles. The zero-order valence-electron chi connectivity index (χ0n) is 16.9. The number of ether oxygens (including phenoxy) is 2. The maximum atomic E-state index is 12.6.